The van der Waals surface area contributed by atoms with E-state index in [4.69, 9.17) is 0 Å². The van der Waals surface area contributed by atoms with E-state index in [0.29, 0.717) is 0 Å². The first-order chi connectivity index (χ1) is 9.44. The standard InChI is InChI=1S/C15H16FNO2S/c1-12-3-2-4-14(9-12)11-20(18,19)17-10-13-5-7-15(16)8-6-13/h2-9,17H,10-11H2,1H3. The Hall–Kier alpha value is -1.72. The molecule has 3 nitrogen and oxygen atoms in total. The predicted molar refractivity (Wildman–Crippen MR) is 77.0 cm³/mol. The second-order valence-electron chi connectivity index (χ2n) is 4.70. The Balaban J connectivity index is 1.99. The third kappa shape index (κ3) is 4.43. The Kier molecular flexibility index (Phi) is 4.52. The van der Waals surface area contributed by atoms with Crippen LogP contribution in [0, 0.1) is 12.7 Å². The molecule has 0 aliphatic carbocycles. The molecule has 0 saturated heterocycles. The first-order valence-electron chi connectivity index (χ1n) is 6.22. The monoisotopic (exact) mass is 293 g/mol. The third-order valence-electron chi connectivity index (χ3n) is 2.85. The van der Waals surface area contributed by atoms with Gasteiger partial charge in [-0.1, -0.05) is 42.0 Å². The molecule has 20 heavy (non-hydrogen) atoms. The highest BCUT2D eigenvalue weighted by molar-refractivity contribution is 7.88. The number of hydrogen-bond donors (Lipinski definition) is 1. The van der Waals surface area contributed by atoms with Crippen molar-refractivity contribution >= 4 is 10.0 Å². The molecule has 0 fully saturated rings. The van der Waals surface area contributed by atoms with Gasteiger partial charge in [-0.3, -0.25) is 0 Å². The molecule has 1 N–H and O–H groups in total. The summed E-state index contributed by atoms with van der Waals surface area (Å²) < 4.78 is 39.2. The number of nitrogens with one attached hydrogen (secondary N) is 1. The molecule has 0 heterocycles. The molecule has 0 aliphatic rings. The van der Waals surface area contributed by atoms with Crippen molar-refractivity contribution in [2.24, 2.45) is 0 Å². The van der Waals surface area contributed by atoms with Crippen molar-refractivity contribution < 1.29 is 12.8 Å². The molecule has 2 aromatic rings. The second kappa shape index (κ2) is 6.15. The summed E-state index contributed by atoms with van der Waals surface area (Å²) in [6.07, 6.45) is 0. The van der Waals surface area contributed by atoms with Crippen LogP contribution in [0.5, 0.6) is 0 Å². The predicted octanol–water partition coefficient (Wildman–Crippen LogP) is 2.75. The van der Waals surface area contributed by atoms with E-state index in [0.717, 1.165) is 16.7 Å². The Bertz CT molecular complexity index is 681. The number of aryl methyl sites for hydroxylation is 1. The summed E-state index contributed by atoms with van der Waals surface area (Å²) in [5.41, 5.74) is 2.49. The smallest absolute Gasteiger partial charge is 0.212 e. The van der Waals surface area contributed by atoms with E-state index in [1.165, 1.54) is 12.1 Å². The molecule has 0 atom stereocenters. The average molecular weight is 293 g/mol. The molecule has 5 heteroatoms. The highest BCUT2D eigenvalue weighted by Crippen LogP contribution is 2.09. The molecular formula is C15H16FNO2S. The van der Waals surface area contributed by atoms with Gasteiger partial charge in [0.05, 0.1) is 5.75 Å². The summed E-state index contributed by atoms with van der Waals surface area (Å²) in [6, 6.07) is 13.1. The Morgan fingerprint density at radius 1 is 1.05 bits per heavy atom. The van der Waals surface area contributed by atoms with E-state index in [1.54, 1.807) is 18.2 Å². The van der Waals surface area contributed by atoms with E-state index in [9.17, 15) is 12.8 Å². The van der Waals surface area contributed by atoms with Crippen LogP contribution in [0.15, 0.2) is 48.5 Å². The van der Waals surface area contributed by atoms with Gasteiger partial charge in [0.1, 0.15) is 5.82 Å². The lowest BCUT2D eigenvalue weighted by atomic mass is 10.2. The van der Waals surface area contributed by atoms with Gasteiger partial charge in [0.2, 0.25) is 10.0 Å². The SMILES string of the molecule is Cc1cccc(CS(=O)(=O)NCc2ccc(F)cc2)c1. The van der Waals surface area contributed by atoms with Gasteiger partial charge >= 0.3 is 0 Å². The molecule has 0 unspecified atom stereocenters. The molecule has 2 rings (SSSR count). The summed E-state index contributed by atoms with van der Waals surface area (Å²) in [6.45, 7) is 2.08. The summed E-state index contributed by atoms with van der Waals surface area (Å²) in [5, 5.41) is 0. The second-order valence-corrected chi connectivity index (χ2v) is 6.50. The fraction of sp³-hybridized carbons (Fsp3) is 0.200. The first-order valence-corrected chi connectivity index (χ1v) is 7.87. The molecule has 0 aliphatic heterocycles. The van der Waals surface area contributed by atoms with Gasteiger partial charge in [0.25, 0.3) is 0 Å². The maximum Gasteiger partial charge on any atom is 0.216 e. The van der Waals surface area contributed by atoms with Crippen molar-refractivity contribution in [3.05, 3.63) is 71.0 Å². The summed E-state index contributed by atoms with van der Waals surface area (Å²) in [7, 11) is -3.40. The van der Waals surface area contributed by atoms with Crippen LogP contribution < -0.4 is 4.72 Å². The minimum atomic E-state index is -3.40. The maximum atomic E-state index is 12.7. The molecule has 0 saturated carbocycles. The molecule has 0 radical (unpaired) electrons. The fourth-order valence-corrected chi connectivity index (χ4v) is 2.97. The molecule has 106 valence electrons. The van der Waals surface area contributed by atoms with E-state index < -0.39 is 10.0 Å². The van der Waals surface area contributed by atoms with Crippen LogP contribution in [0.3, 0.4) is 0 Å². The number of hydrogen-bond acceptors (Lipinski definition) is 2. The third-order valence-corrected chi connectivity index (χ3v) is 4.15. The zero-order valence-electron chi connectivity index (χ0n) is 11.1. The van der Waals surface area contributed by atoms with Crippen molar-refractivity contribution in [3.63, 3.8) is 0 Å². The topological polar surface area (TPSA) is 46.2 Å². The molecular weight excluding hydrogens is 277 g/mol. The minimum Gasteiger partial charge on any atom is -0.212 e. The van der Waals surface area contributed by atoms with Crippen LogP contribution in [0.25, 0.3) is 0 Å². The fourth-order valence-electron chi connectivity index (χ4n) is 1.87. The van der Waals surface area contributed by atoms with E-state index >= 15 is 0 Å². The van der Waals surface area contributed by atoms with Crippen LogP contribution in [-0.4, -0.2) is 8.42 Å². The van der Waals surface area contributed by atoms with Crippen molar-refractivity contribution in [1.82, 2.24) is 4.72 Å². The lowest BCUT2D eigenvalue weighted by Crippen LogP contribution is -2.24. The van der Waals surface area contributed by atoms with E-state index in [-0.39, 0.29) is 18.1 Å². The molecule has 0 amide bonds. The number of rotatable bonds is 5. The van der Waals surface area contributed by atoms with E-state index in [2.05, 4.69) is 4.72 Å². The number of halogens is 1. The number of benzene rings is 2. The molecule has 0 aromatic heterocycles. The number of sulfonamides is 1. The molecule has 0 bridgehead atoms. The van der Waals surface area contributed by atoms with Crippen LogP contribution >= 0.6 is 0 Å². The van der Waals surface area contributed by atoms with Crippen molar-refractivity contribution in [3.8, 4) is 0 Å². The average Bonchev–Trinajstić information content (AvgIpc) is 2.37. The van der Waals surface area contributed by atoms with Gasteiger partial charge in [-0.15, -0.1) is 0 Å². The Labute approximate surface area is 118 Å². The first kappa shape index (κ1) is 14.7. The normalized spacial score (nSPS) is 11.5. The van der Waals surface area contributed by atoms with E-state index in [1.807, 2.05) is 25.1 Å². The van der Waals surface area contributed by atoms with Gasteiger partial charge in [0.15, 0.2) is 0 Å². The van der Waals surface area contributed by atoms with Gasteiger partial charge in [-0.25, -0.2) is 17.5 Å². The highest BCUT2D eigenvalue weighted by atomic mass is 32.2. The van der Waals surface area contributed by atoms with Gasteiger partial charge < -0.3 is 0 Å². The summed E-state index contributed by atoms with van der Waals surface area (Å²) in [5.74, 6) is -0.396. The Morgan fingerprint density at radius 3 is 2.40 bits per heavy atom. The highest BCUT2D eigenvalue weighted by Gasteiger charge is 2.11. The maximum absolute atomic E-state index is 12.7. The van der Waals surface area contributed by atoms with Crippen LogP contribution in [0.1, 0.15) is 16.7 Å². The lowest BCUT2D eigenvalue weighted by Gasteiger charge is -2.07. The summed E-state index contributed by atoms with van der Waals surface area (Å²) in [4.78, 5) is 0. The van der Waals surface area contributed by atoms with Crippen LogP contribution in [-0.2, 0) is 22.3 Å². The summed E-state index contributed by atoms with van der Waals surface area (Å²) >= 11 is 0. The minimum absolute atomic E-state index is 0.0596. The zero-order valence-corrected chi connectivity index (χ0v) is 12.0. The Morgan fingerprint density at radius 2 is 1.75 bits per heavy atom. The van der Waals surface area contributed by atoms with Gasteiger partial charge in [0, 0.05) is 6.54 Å². The molecule has 0 spiro atoms. The largest absolute Gasteiger partial charge is 0.216 e. The van der Waals surface area contributed by atoms with Gasteiger partial charge in [-0.2, -0.15) is 0 Å². The van der Waals surface area contributed by atoms with Gasteiger partial charge in [-0.05, 0) is 30.2 Å². The quantitative estimate of drug-likeness (QED) is 0.921. The van der Waals surface area contributed by atoms with Crippen LogP contribution in [0.2, 0.25) is 0 Å². The molecule has 2 aromatic carbocycles. The van der Waals surface area contributed by atoms with Crippen molar-refractivity contribution in [2.75, 3.05) is 0 Å². The van der Waals surface area contributed by atoms with Crippen LogP contribution in [0.4, 0.5) is 4.39 Å². The van der Waals surface area contributed by atoms with Crippen molar-refractivity contribution in [2.45, 2.75) is 19.2 Å². The zero-order chi connectivity index (χ0) is 14.6. The lowest BCUT2D eigenvalue weighted by molar-refractivity contribution is 0.580. The van der Waals surface area contributed by atoms with Crippen molar-refractivity contribution in [1.29, 1.82) is 0 Å².